The lowest BCUT2D eigenvalue weighted by atomic mass is 9.98. The summed E-state index contributed by atoms with van der Waals surface area (Å²) < 4.78 is 25.4. The maximum absolute atomic E-state index is 14.0. The molecule has 4 aromatic rings. The van der Waals surface area contributed by atoms with Crippen molar-refractivity contribution in [1.29, 1.82) is 0 Å². The second kappa shape index (κ2) is 9.08. The van der Waals surface area contributed by atoms with E-state index >= 15 is 0 Å². The number of halogens is 2. The van der Waals surface area contributed by atoms with Crippen molar-refractivity contribution < 1.29 is 18.3 Å². The Morgan fingerprint density at radius 2 is 1.97 bits per heavy atom. The first-order valence-corrected chi connectivity index (χ1v) is 10.9. The normalized spacial score (nSPS) is 15.8. The molecule has 5 nitrogen and oxygen atoms in total. The predicted octanol–water partition coefficient (Wildman–Crippen LogP) is 6.44. The third-order valence-corrected chi connectivity index (χ3v) is 6.06. The minimum atomic E-state index is -0.567. The molecule has 3 aromatic carbocycles. The Labute approximate surface area is 195 Å². The van der Waals surface area contributed by atoms with E-state index in [9.17, 15) is 9.18 Å². The van der Waals surface area contributed by atoms with Gasteiger partial charge in [-0.15, -0.1) is 0 Å². The van der Waals surface area contributed by atoms with Crippen LogP contribution < -0.4 is 4.74 Å². The van der Waals surface area contributed by atoms with Gasteiger partial charge < -0.3 is 14.1 Å². The number of nitrogens with zero attached hydrogens (tertiary/aromatic N) is 2. The fourth-order valence-corrected chi connectivity index (χ4v) is 4.16. The average molecular weight is 463 g/mol. The van der Waals surface area contributed by atoms with Crippen molar-refractivity contribution in [3.63, 3.8) is 0 Å². The highest BCUT2D eigenvalue weighted by molar-refractivity contribution is 6.30. The summed E-state index contributed by atoms with van der Waals surface area (Å²) in [6.07, 6.45) is 3.43. The van der Waals surface area contributed by atoms with Gasteiger partial charge in [0.25, 0.3) is 0 Å². The summed E-state index contributed by atoms with van der Waals surface area (Å²) in [6.45, 7) is 1.01. The first kappa shape index (κ1) is 21.2. The van der Waals surface area contributed by atoms with Gasteiger partial charge in [-0.1, -0.05) is 54.1 Å². The Morgan fingerprint density at radius 3 is 2.73 bits per heavy atom. The zero-order chi connectivity index (χ0) is 22.8. The molecule has 1 aromatic heterocycles. The molecule has 33 heavy (non-hydrogen) atoms. The van der Waals surface area contributed by atoms with Crippen LogP contribution >= 0.6 is 11.6 Å². The quantitative estimate of drug-likeness (QED) is 0.331. The van der Waals surface area contributed by atoms with Crippen molar-refractivity contribution in [1.82, 2.24) is 9.88 Å². The van der Waals surface area contributed by atoms with Crippen molar-refractivity contribution in [3.05, 3.63) is 101 Å². The molecule has 1 fully saturated rings. The Balaban J connectivity index is 1.43. The Bertz CT molecular complexity index is 1280. The molecule has 2 heterocycles. The zero-order valence-electron chi connectivity index (χ0n) is 17.6. The number of rotatable bonds is 6. The number of benzene rings is 3. The van der Waals surface area contributed by atoms with Crippen LogP contribution in [-0.4, -0.2) is 22.3 Å². The largest absolute Gasteiger partial charge is 0.457 e. The fraction of sp³-hybridized carbons (Fsp3) is 0.154. The van der Waals surface area contributed by atoms with E-state index in [1.165, 1.54) is 18.5 Å². The summed E-state index contributed by atoms with van der Waals surface area (Å²) in [6, 6.07) is 19.9. The molecule has 5 rings (SSSR count). The van der Waals surface area contributed by atoms with Crippen LogP contribution in [0.5, 0.6) is 11.5 Å². The third-order valence-electron chi connectivity index (χ3n) is 5.75. The van der Waals surface area contributed by atoms with Gasteiger partial charge in [-0.05, 0) is 23.8 Å². The van der Waals surface area contributed by atoms with Crippen LogP contribution in [0, 0.1) is 5.82 Å². The van der Waals surface area contributed by atoms with Crippen LogP contribution in [0.15, 0.2) is 83.7 Å². The number of ether oxygens (including phenoxy) is 1. The molecule has 0 bridgehead atoms. The maximum atomic E-state index is 14.0. The van der Waals surface area contributed by atoms with Crippen molar-refractivity contribution in [2.75, 3.05) is 6.54 Å². The fourth-order valence-electron chi connectivity index (χ4n) is 4.04. The number of hydrogen-bond donors (Lipinski definition) is 0. The van der Waals surface area contributed by atoms with Gasteiger partial charge in [-0.3, -0.25) is 4.79 Å². The summed E-state index contributed by atoms with van der Waals surface area (Å²) in [5.41, 5.74) is 2.72. The zero-order valence-corrected chi connectivity index (χ0v) is 18.3. The molecule has 0 aliphatic carbocycles. The molecule has 0 spiro atoms. The minimum absolute atomic E-state index is 0.0209. The maximum Gasteiger partial charge on any atom is 0.223 e. The van der Waals surface area contributed by atoms with E-state index in [4.69, 9.17) is 20.8 Å². The molecule has 0 radical (unpaired) electrons. The summed E-state index contributed by atoms with van der Waals surface area (Å²) in [4.78, 5) is 18.6. The molecule has 1 aliphatic rings. The number of likely N-dealkylation sites (tertiary alicyclic amines) is 1. The van der Waals surface area contributed by atoms with Crippen molar-refractivity contribution in [3.8, 4) is 22.8 Å². The van der Waals surface area contributed by atoms with Crippen molar-refractivity contribution >= 4 is 17.5 Å². The SMILES string of the molecule is O=C1C[C@@H](c2ccccc2)CN1Cc1ccc(-c2cnco2)cc1Oc1ccc(Cl)c(F)c1. The van der Waals surface area contributed by atoms with Crippen LogP contribution in [0.3, 0.4) is 0 Å². The number of amides is 1. The van der Waals surface area contributed by atoms with Gasteiger partial charge in [0.1, 0.15) is 17.3 Å². The molecule has 0 N–H and O–H groups in total. The van der Waals surface area contributed by atoms with Gasteiger partial charge in [0.2, 0.25) is 5.91 Å². The number of oxazole rings is 1. The van der Waals surface area contributed by atoms with E-state index < -0.39 is 5.82 Å². The Kier molecular flexibility index (Phi) is 5.84. The smallest absolute Gasteiger partial charge is 0.223 e. The molecule has 7 heteroatoms. The van der Waals surface area contributed by atoms with E-state index in [1.54, 1.807) is 18.3 Å². The lowest BCUT2D eigenvalue weighted by Gasteiger charge is -2.20. The van der Waals surface area contributed by atoms with Gasteiger partial charge in [0.05, 0.1) is 11.2 Å². The first-order valence-electron chi connectivity index (χ1n) is 10.5. The van der Waals surface area contributed by atoms with Crippen LogP contribution in [0.4, 0.5) is 4.39 Å². The van der Waals surface area contributed by atoms with E-state index in [1.807, 2.05) is 35.2 Å². The number of aromatic nitrogens is 1. The van der Waals surface area contributed by atoms with Gasteiger partial charge in [0.15, 0.2) is 12.2 Å². The number of hydrogen-bond acceptors (Lipinski definition) is 4. The van der Waals surface area contributed by atoms with E-state index in [-0.39, 0.29) is 16.8 Å². The molecular weight excluding hydrogens is 443 g/mol. The predicted molar refractivity (Wildman–Crippen MR) is 123 cm³/mol. The molecule has 0 saturated carbocycles. The number of carbonyl (C=O) groups is 1. The molecule has 1 amide bonds. The van der Waals surface area contributed by atoms with Gasteiger partial charge in [0, 0.05) is 42.6 Å². The van der Waals surface area contributed by atoms with E-state index in [0.717, 1.165) is 16.7 Å². The lowest BCUT2D eigenvalue weighted by molar-refractivity contribution is -0.128. The molecule has 1 aliphatic heterocycles. The third kappa shape index (κ3) is 4.61. The Morgan fingerprint density at radius 1 is 1.12 bits per heavy atom. The Hall–Kier alpha value is -3.64. The molecule has 1 saturated heterocycles. The molecular formula is C26H20ClFN2O3. The summed E-state index contributed by atoms with van der Waals surface area (Å²) in [5, 5.41) is 0.0209. The van der Waals surface area contributed by atoms with Crippen LogP contribution in [0.2, 0.25) is 5.02 Å². The standard InChI is InChI=1S/C26H20ClFN2O3/c27-22-9-8-21(12-23(22)28)33-24-10-18(25-13-29-16-32-25)6-7-19(24)14-30-15-20(11-26(30)31)17-4-2-1-3-5-17/h1-10,12-13,16,20H,11,14-15H2/t20-/m1/s1. The average Bonchev–Trinajstić information content (AvgIpc) is 3.49. The topological polar surface area (TPSA) is 55.6 Å². The van der Waals surface area contributed by atoms with Gasteiger partial charge >= 0.3 is 0 Å². The van der Waals surface area contributed by atoms with Crippen LogP contribution in [-0.2, 0) is 11.3 Å². The summed E-state index contributed by atoms with van der Waals surface area (Å²) >= 11 is 5.81. The molecule has 0 unspecified atom stereocenters. The van der Waals surface area contributed by atoms with E-state index in [0.29, 0.717) is 36.8 Å². The van der Waals surface area contributed by atoms with Crippen molar-refractivity contribution in [2.45, 2.75) is 18.9 Å². The van der Waals surface area contributed by atoms with Gasteiger partial charge in [-0.25, -0.2) is 9.37 Å². The highest BCUT2D eigenvalue weighted by atomic mass is 35.5. The minimum Gasteiger partial charge on any atom is -0.457 e. The van der Waals surface area contributed by atoms with Crippen LogP contribution in [0.1, 0.15) is 23.5 Å². The highest BCUT2D eigenvalue weighted by Crippen LogP contribution is 2.35. The van der Waals surface area contributed by atoms with Gasteiger partial charge in [-0.2, -0.15) is 0 Å². The van der Waals surface area contributed by atoms with Crippen LogP contribution in [0.25, 0.3) is 11.3 Å². The van der Waals surface area contributed by atoms with E-state index in [2.05, 4.69) is 17.1 Å². The monoisotopic (exact) mass is 462 g/mol. The molecule has 166 valence electrons. The lowest BCUT2D eigenvalue weighted by Crippen LogP contribution is -2.24. The second-order valence-electron chi connectivity index (χ2n) is 7.95. The van der Waals surface area contributed by atoms with Crippen molar-refractivity contribution in [2.24, 2.45) is 0 Å². The second-order valence-corrected chi connectivity index (χ2v) is 8.36. The first-order chi connectivity index (χ1) is 16.1. The summed E-state index contributed by atoms with van der Waals surface area (Å²) in [7, 11) is 0. The summed E-state index contributed by atoms with van der Waals surface area (Å²) in [5.74, 6) is 1.07. The highest BCUT2D eigenvalue weighted by Gasteiger charge is 2.31. The number of carbonyl (C=O) groups excluding carboxylic acids is 1. The molecule has 1 atom stereocenters.